The van der Waals surface area contributed by atoms with Crippen LogP contribution in [0.15, 0.2) is 43.0 Å². The Morgan fingerprint density at radius 2 is 2.12 bits per heavy atom. The second kappa shape index (κ2) is 6.70. The summed E-state index contributed by atoms with van der Waals surface area (Å²) in [5, 5.41) is 9.61. The summed E-state index contributed by atoms with van der Waals surface area (Å²) in [6, 6.07) is 8.69. The number of anilines is 1. The largest absolute Gasteiger partial charge is 0.456 e. The first-order chi connectivity index (χ1) is 12.7. The fraction of sp³-hybridized carbons (Fsp3) is 0.294. The predicted octanol–water partition coefficient (Wildman–Crippen LogP) is 0.914. The van der Waals surface area contributed by atoms with Crippen LogP contribution in [-0.2, 0) is 9.47 Å². The van der Waals surface area contributed by atoms with Crippen molar-refractivity contribution >= 4 is 23.0 Å². The number of esters is 1. The number of benzene rings is 1. The third-order valence-electron chi connectivity index (χ3n) is 4.33. The standard InChI is InChI=1S/C17H17N5O4/c18-15-14-16(20-8-19-15)22(9-21-14)13-6-11(12(7-23)25-13)26-17(24)10-4-2-1-3-5-10/h1-5,8-9,11-13,23H,6-7H2,(H2,18,19,20)/t11-,12-,13-/m1/s1. The van der Waals surface area contributed by atoms with Gasteiger partial charge in [0.25, 0.3) is 0 Å². The van der Waals surface area contributed by atoms with E-state index in [0.717, 1.165) is 0 Å². The molecule has 0 radical (unpaired) electrons. The van der Waals surface area contributed by atoms with Gasteiger partial charge in [-0.15, -0.1) is 0 Å². The lowest BCUT2D eigenvalue weighted by Crippen LogP contribution is -2.30. The summed E-state index contributed by atoms with van der Waals surface area (Å²) in [6.07, 6.45) is 1.55. The molecule has 1 aromatic carbocycles. The molecule has 0 saturated carbocycles. The second-order valence-corrected chi connectivity index (χ2v) is 5.94. The molecule has 2 aromatic heterocycles. The van der Waals surface area contributed by atoms with E-state index in [4.69, 9.17) is 15.2 Å². The van der Waals surface area contributed by atoms with Gasteiger partial charge in [0.2, 0.25) is 0 Å². The predicted molar refractivity (Wildman–Crippen MR) is 91.0 cm³/mol. The maximum Gasteiger partial charge on any atom is 0.338 e. The molecule has 9 nitrogen and oxygen atoms in total. The average Bonchev–Trinajstić information content (AvgIpc) is 3.27. The Morgan fingerprint density at radius 1 is 1.31 bits per heavy atom. The number of ether oxygens (including phenoxy) is 2. The molecule has 1 saturated heterocycles. The van der Waals surface area contributed by atoms with Crippen LogP contribution in [0, 0.1) is 0 Å². The number of aliphatic hydroxyl groups is 1. The molecule has 0 bridgehead atoms. The number of imidazole rings is 1. The molecule has 0 unspecified atom stereocenters. The van der Waals surface area contributed by atoms with Crippen LogP contribution in [0.1, 0.15) is 23.0 Å². The minimum atomic E-state index is -0.635. The van der Waals surface area contributed by atoms with Crippen molar-refractivity contribution in [3.63, 3.8) is 0 Å². The van der Waals surface area contributed by atoms with Crippen molar-refractivity contribution in [3.05, 3.63) is 48.5 Å². The highest BCUT2D eigenvalue weighted by molar-refractivity contribution is 5.89. The van der Waals surface area contributed by atoms with E-state index in [2.05, 4.69) is 15.0 Å². The molecular formula is C17H17N5O4. The first-order valence-electron chi connectivity index (χ1n) is 8.12. The van der Waals surface area contributed by atoms with E-state index in [-0.39, 0.29) is 12.4 Å². The first kappa shape index (κ1) is 16.4. The third kappa shape index (κ3) is 2.87. The van der Waals surface area contributed by atoms with Gasteiger partial charge in [-0.2, -0.15) is 0 Å². The molecule has 3 atom stereocenters. The summed E-state index contributed by atoms with van der Waals surface area (Å²) in [6.45, 7) is -0.271. The SMILES string of the molecule is Nc1ncnc2c1ncn2[C@H]1C[C@@H](OC(=O)c2ccccc2)[C@@H](CO)O1. The van der Waals surface area contributed by atoms with E-state index in [9.17, 15) is 9.90 Å². The van der Waals surface area contributed by atoms with Crippen molar-refractivity contribution < 1.29 is 19.4 Å². The molecule has 134 valence electrons. The quantitative estimate of drug-likeness (QED) is 0.662. The Balaban J connectivity index is 1.55. The molecule has 9 heteroatoms. The number of carbonyl (C=O) groups is 1. The molecule has 0 amide bonds. The maximum absolute atomic E-state index is 12.3. The van der Waals surface area contributed by atoms with Crippen molar-refractivity contribution in [2.45, 2.75) is 24.9 Å². The third-order valence-corrected chi connectivity index (χ3v) is 4.33. The summed E-state index contributed by atoms with van der Waals surface area (Å²) in [5.41, 5.74) is 7.24. The van der Waals surface area contributed by atoms with E-state index < -0.39 is 24.4 Å². The number of carbonyl (C=O) groups excluding carboxylic acids is 1. The Bertz CT molecular complexity index is 929. The zero-order chi connectivity index (χ0) is 18.1. The molecule has 3 heterocycles. The van der Waals surface area contributed by atoms with E-state index >= 15 is 0 Å². The molecule has 1 aliphatic heterocycles. The Hall–Kier alpha value is -3.04. The number of fused-ring (bicyclic) bond motifs is 1. The number of aliphatic hydroxyl groups excluding tert-OH is 1. The summed E-state index contributed by atoms with van der Waals surface area (Å²) in [7, 11) is 0. The lowest BCUT2D eigenvalue weighted by molar-refractivity contribution is -0.0500. The molecule has 1 fully saturated rings. The lowest BCUT2D eigenvalue weighted by atomic mass is 10.1. The molecule has 3 aromatic rings. The summed E-state index contributed by atoms with van der Waals surface area (Å²) in [5.74, 6) is -0.183. The van der Waals surface area contributed by atoms with Gasteiger partial charge in [-0.25, -0.2) is 19.7 Å². The minimum Gasteiger partial charge on any atom is -0.456 e. The van der Waals surface area contributed by atoms with Gasteiger partial charge in [0, 0.05) is 6.42 Å². The van der Waals surface area contributed by atoms with E-state index in [1.54, 1.807) is 35.2 Å². The summed E-state index contributed by atoms with van der Waals surface area (Å²) < 4.78 is 13.1. The van der Waals surface area contributed by atoms with Gasteiger partial charge in [-0.1, -0.05) is 18.2 Å². The van der Waals surface area contributed by atoms with Gasteiger partial charge in [0.15, 0.2) is 11.5 Å². The molecule has 3 N–H and O–H groups in total. The number of hydrogen-bond donors (Lipinski definition) is 2. The highest BCUT2D eigenvalue weighted by Crippen LogP contribution is 2.33. The fourth-order valence-electron chi connectivity index (χ4n) is 3.02. The monoisotopic (exact) mass is 355 g/mol. The van der Waals surface area contributed by atoms with Crippen molar-refractivity contribution in [1.29, 1.82) is 0 Å². The number of hydrogen-bond acceptors (Lipinski definition) is 8. The number of rotatable bonds is 4. The molecule has 0 aliphatic carbocycles. The molecule has 0 spiro atoms. The molecule has 26 heavy (non-hydrogen) atoms. The average molecular weight is 355 g/mol. The number of aromatic nitrogens is 4. The minimum absolute atomic E-state index is 0.271. The van der Waals surface area contributed by atoms with Crippen LogP contribution in [0.3, 0.4) is 0 Å². The topological polar surface area (TPSA) is 125 Å². The van der Waals surface area contributed by atoms with Gasteiger partial charge in [-0.3, -0.25) is 4.57 Å². The molecule has 4 rings (SSSR count). The zero-order valence-corrected chi connectivity index (χ0v) is 13.7. The van der Waals surface area contributed by atoms with Crippen LogP contribution in [0.4, 0.5) is 5.82 Å². The highest BCUT2D eigenvalue weighted by atomic mass is 16.6. The normalized spacial score (nSPS) is 22.6. The number of nitrogens with zero attached hydrogens (tertiary/aromatic N) is 4. The van der Waals surface area contributed by atoms with Gasteiger partial charge >= 0.3 is 5.97 Å². The van der Waals surface area contributed by atoms with E-state index in [1.807, 2.05) is 6.07 Å². The smallest absolute Gasteiger partial charge is 0.338 e. The van der Waals surface area contributed by atoms with Crippen molar-refractivity contribution in [2.24, 2.45) is 0 Å². The lowest BCUT2D eigenvalue weighted by Gasteiger charge is -2.16. The Labute approximate surface area is 148 Å². The van der Waals surface area contributed by atoms with Crippen molar-refractivity contribution in [1.82, 2.24) is 19.5 Å². The van der Waals surface area contributed by atoms with Crippen LogP contribution in [0.5, 0.6) is 0 Å². The number of nitrogen functional groups attached to an aromatic ring is 1. The summed E-state index contributed by atoms with van der Waals surface area (Å²) >= 11 is 0. The van der Waals surface area contributed by atoms with Crippen LogP contribution in [0.25, 0.3) is 11.2 Å². The first-order valence-corrected chi connectivity index (χ1v) is 8.12. The van der Waals surface area contributed by atoms with Crippen LogP contribution < -0.4 is 5.73 Å². The van der Waals surface area contributed by atoms with Crippen LogP contribution in [-0.4, -0.2) is 49.4 Å². The Kier molecular flexibility index (Phi) is 4.23. The van der Waals surface area contributed by atoms with Gasteiger partial charge < -0.3 is 20.3 Å². The zero-order valence-electron chi connectivity index (χ0n) is 13.7. The highest BCUT2D eigenvalue weighted by Gasteiger charge is 2.39. The maximum atomic E-state index is 12.3. The molecular weight excluding hydrogens is 338 g/mol. The fourth-order valence-corrected chi connectivity index (χ4v) is 3.02. The van der Waals surface area contributed by atoms with Crippen LogP contribution in [0.2, 0.25) is 0 Å². The molecule has 1 aliphatic rings. The van der Waals surface area contributed by atoms with Gasteiger partial charge in [0.1, 0.15) is 30.3 Å². The second-order valence-electron chi connectivity index (χ2n) is 5.94. The van der Waals surface area contributed by atoms with Gasteiger partial charge in [0.05, 0.1) is 18.5 Å². The van der Waals surface area contributed by atoms with Crippen molar-refractivity contribution in [3.8, 4) is 0 Å². The van der Waals surface area contributed by atoms with E-state index in [1.165, 1.54) is 6.33 Å². The van der Waals surface area contributed by atoms with Gasteiger partial charge in [-0.05, 0) is 12.1 Å². The van der Waals surface area contributed by atoms with Crippen molar-refractivity contribution in [2.75, 3.05) is 12.3 Å². The Morgan fingerprint density at radius 3 is 2.88 bits per heavy atom. The number of nitrogens with two attached hydrogens (primary N) is 1. The summed E-state index contributed by atoms with van der Waals surface area (Å²) in [4.78, 5) is 24.6. The van der Waals surface area contributed by atoms with E-state index in [0.29, 0.717) is 23.1 Å². The van der Waals surface area contributed by atoms with Crippen LogP contribution >= 0.6 is 0 Å².